The second kappa shape index (κ2) is 10.5. The maximum absolute atomic E-state index is 3.14. The monoisotopic (exact) mass is 368 g/mol. The van der Waals surface area contributed by atoms with Crippen LogP contribution in [0.15, 0.2) is 71.6 Å². The zero-order chi connectivity index (χ0) is 9.64. The maximum atomic E-state index is 3.14. The molecule has 2 radical (unpaired) electrons. The van der Waals surface area contributed by atoms with Gasteiger partial charge in [-0.3, -0.25) is 5.73 Å². The van der Waals surface area contributed by atoms with Gasteiger partial charge in [0.1, 0.15) is 5.57 Å². The van der Waals surface area contributed by atoms with Crippen molar-refractivity contribution in [2.24, 2.45) is 0 Å². The van der Waals surface area contributed by atoms with Gasteiger partial charge in [0.15, 0.2) is 0 Å². The minimum absolute atomic E-state index is 0. The summed E-state index contributed by atoms with van der Waals surface area (Å²) in [4.78, 5) is 0. The Hall–Kier alpha value is -0.621. The smallest absolute Gasteiger partial charge is 1.00 e. The molecule has 0 atom stereocenters. The molecule has 2 aliphatic carbocycles. The van der Waals surface area contributed by atoms with Crippen molar-refractivity contribution in [3.63, 3.8) is 0 Å². The van der Waals surface area contributed by atoms with Crippen LogP contribution in [0.3, 0.4) is 0 Å². The Labute approximate surface area is 132 Å². The summed E-state index contributed by atoms with van der Waals surface area (Å²) in [6.45, 7) is 0. The van der Waals surface area contributed by atoms with Crippen LogP contribution in [0.2, 0.25) is 0 Å². The van der Waals surface area contributed by atoms with E-state index >= 15 is 0 Å². The largest absolute Gasteiger partial charge is 2.00 e. The standard InChI is InChI=1S/C14H10.2ClH.Sn/c1-3-7-13(8-4-1)11-12-14-9-5-2-6-10-14;;;/h1-7,9,11-12H;2*1H;/q;;;+2/p-2/b12-11-;;;. The molecule has 0 saturated carbocycles. The van der Waals surface area contributed by atoms with Gasteiger partial charge >= 0.3 is 23.9 Å². The molecule has 0 bridgehead atoms. The van der Waals surface area contributed by atoms with Gasteiger partial charge in [0, 0.05) is 30.4 Å². The van der Waals surface area contributed by atoms with E-state index < -0.39 is 0 Å². The third-order valence-corrected chi connectivity index (χ3v) is 1.91. The van der Waals surface area contributed by atoms with Crippen LogP contribution in [0.4, 0.5) is 0 Å². The molecule has 17 heavy (non-hydrogen) atoms. The van der Waals surface area contributed by atoms with E-state index in [0.29, 0.717) is 0 Å². The van der Waals surface area contributed by atoms with Gasteiger partial charge in [-0.25, -0.2) is 0 Å². The molecule has 2 aliphatic rings. The van der Waals surface area contributed by atoms with Gasteiger partial charge in [-0.2, -0.15) is 18.6 Å². The minimum atomic E-state index is 0. The van der Waals surface area contributed by atoms with Crippen LogP contribution >= 0.6 is 0 Å². The first-order chi connectivity index (χ1) is 6.95. The van der Waals surface area contributed by atoms with E-state index in [1.54, 1.807) is 0 Å². The molecule has 0 N–H and O–H groups in total. The van der Waals surface area contributed by atoms with E-state index in [1.165, 1.54) is 0 Å². The van der Waals surface area contributed by atoms with Crippen molar-refractivity contribution < 1.29 is 24.8 Å². The molecule has 0 aromatic carbocycles. The molecular weight excluding hydrogens is 358 g/mol. The van der Waals surface area contributed by atoms with Crippen LogP contribution < -0.4 is 24.8 Å². The van der Waals surface area contributed by atoms with Crippen LogP contribution in [0.25, 0.3) is 0 Å². The number of halogens is 2. The molecule has 0 saturated heterocycles. The van der Waals surface area contributed by atoms with Gasteiger partial charge in [0.2, 0.25) is 0 Å². The molecule has 0 heterocycles. The van der Waals surface area contributed by atoms with Gasteiger partial charge < -0.3 is 24.8 Å². The quantitative estimate of drug-likeness (QED) is 0.275. The van der Waals surface area contributed by atoms with Crippen molar-refractivity contribution in [1.82, 2.24) is 0 Å². The van der Waals surface area contributed by atoms with Crippen molar-refractivity contribution >= 4 is 23.9 Å². The van der Waals surface area contributed by atoms with Crippen LogP contribution in [0.1, 0.15) is 0 Å². The van der Waals surface area contributed by atoms with Gasteiger partial charge in [-0.15, -0.1) is 6.08 Å². The second-order valence-electron chi connectivity index (χ2n) is 2.97. The predicted molar refractivity (Wildman–Crippen MR) is 65.0 cm³/mol. The van der Waals surface area contributed by atoms with Crippen molar-refractivity contribution in [1.29, 1.82) is 0 Å². The Kier molecular flexibility index (Phi) is 11.6. The van der Waals surface area contributed by atoms with E-state index in [-0.39, 0.29) is 48.7 Å². The normalized spacial score (nSPS) is 14.6. The first-order valence-electron chi connectivity index (χ1n) is 4.57. The maximum Gasteiger partial charge on any atom is 2.00 e. The average Bonchev–Trinajstić information content (AvgIpc) is 2.29. The minimum Gasteiger partial charge on any atom is -1.00 e. The molecule has 0 nitrogen and oxygen atoms in total. The number of rotatable bonds is 2. The fourth-order valence-electron chi connectivity index (χ4n) is 1.20. The Morgan fingerprint density at radius 1 is 1.18 bits per heavy atom. The molecule has 0 unspecified atom stereocenters. The molecule has 0 amide bonds. The molecule has 3 heteroatoms. The molecule has 0 aromatic rings. The van der Waals surface area contributed by atoms with Crippen molar-refractivity contribution in [3.05, 3.63) is 84.1 Å². The summed E-state index contributed by atoms with van der Waals surface area (Å²) >= 11 is 0. The zero-order valence-corrected chi connectivity index (χ0v) is 13.4. The fourth-order valence-corrected chi connectivity index (χ4v) is 1.20. The Morgan fingerprint density at radius 2 is 2.00 bits per heavy atom. The van der Waals surface area contributed by atoms with E-state index in [9.17, 15) is 0 Å². The summed E-state index contributed by atoms with van der Waals surface area (Å²) in [5.74, 6) is 0. The van der Waals surface area contributed by atoms with Crippen LogP contribution in [-0.4, -0.2) is 23.9 Å². The third kappa shape index (κ3) is 6.63. The molecule has 0 aliphatic heterocycles. The number of allylic oxidation sites excluding steroid dienone is 11. The average molecular weight is 368 g/mol. The van der Waals surface area contributed by atoms with Gasteiger partial charge in [0.25, 0.3) is 0 Å². The van der Waals surface area contributed by atoms with E-state index in [2.05, 4.69) is 11.8 Å². The van der Waals surface area contributed by atoms with E-state index in [1.807, 2.05) is 61.1 Å². The first kappa shape index (κ1) is 18.7. The molecule has 0 aromatic heterocycles. The summed E-state index contributed by atoms with van der Waals surface area (Å²) in [6.07, 6.45) is 23.0. The van der Waals surface area contributed by atoms with Crippen molar-refractivity contribution in [2.75, 3.05) is 0 Å². The molecule has 0 spiro atoms. The number of hydrogen-bond acceptors (Lipinski definition) is 0. The summed E-state index contributed by atoms with van der Waals surface area (Å²) in [6, 6.07) is 0. The third-order valence-electron chi connectivity index (χ3n) is 1.91. The Morgan fingerprint density at radius 3 is 2.59 bits per heavy atom. The molecule has 84 valence electrons. The molecule has 0 fully saturated rings. The predicted octanol–water partition coefficient (Wildman–Crippen LogP) is -3.12. The molecular formula is C14H10Cl2Sn. The van der Waals surface area contributed by atoms with E-state index in [4.69, 9.17) is 0 Å². The topological polar surface area (TPSA) is 0 Å². The summed E-state index contributed by atoms with van der Waals surface area (Å²) in [5.41, 5.74) is 5.31. The SMILES string of the molecule is C1=C[CH-]C=CC=1/C=C\C1=CC=CC=[C+]1.[Cl-].[Cl-].[Sn+2]. The summed E-state index contributed by atoms with van der Waals surface area (Å²) < 4.78 is 0. The number of hydrogen-bond donors (Lipinski definition) is 0. The second-order valence-corrected chi connectivity index (χ2v) is 2.97. The summed E-state index contributed by atoms with van der Waals surface area (Å²) in [7, 11) is 0. The Bertz CT molecular complexity index is 431. The van der Waals surface area contributed by atoms with Crippen LogP contribution in [0, 0.1) is 12.5 Å². The van der Waals surface area contributed by atoms with Crippen LogP contribution in [-0.2, 0) is 0 Å². The molecule has 2 rings (SSSR count). The van der Waals surface area contributed by atoms with E-state index in [0.717, 1.165) is 11.1 Å². The Balaban J connectivity index is 0. The van der Waals surface area contributed by atoms with Gasteiger partial charge in [-0.05, 0) is 6.08 Å². The van der Waals surface area contributed by atoms with Crippen LogP contribution in [0.5, 0.6) is 0 Å². The van der Waals surface area contributed by atoms with Crippen molar-refractivity contribution in [2.45, 2.75) is 0 Å². The fraction of sp³-hybridized carbons (Fsp3) is 0. The van der Waals surface area contributed by atoms with Gasteiger partial charge in [0.05, 0.1) is 6.08 Å². The summed E-state index contributed by atoms with van der Waals surface area (Å²) in [5, 5.41) is 0. The van der Waals surface area contributed by atoms with Gasteiger partial charge in [-0.1, -0.05) is 5.57 Å². The zero-order valence-electron chi connectivity index (χ0n) is 9.03. The first-order valence-corrected chi connectivity index (χ1v) is 4.57. The van der Waals surface area contributed by atoms with Crippen molar-refractivity contribution in [3.8, 4) is 0 Å².